The molecule has 0 saturated heterocycles. The summed E-state index contributed by atoms with van der Waals surface area (Å²) in [6, 6.07) is 4.10. The van der Waals surface area contributed by atoms with E-state index in [0.717, 1.165) is 28.7 Å². The van der Waals surface area contributed by atoms with Gasteiger partial charge in [-0.1, -0.05) is 24.6 Å². The van der Waals surface area contributed by atoms with Crippen LogP contribution in [0.4, 0.5) is 0 Å². The van der Waals surface area contributed by atoms with Crippen molar-refractivity contribution in [3.63, 3.8) is 0 Å². The van der Waals surface area contributed by atoms with Gasteiger partial charge in [0.15, 0.2) is 5.75 Å². The van der Waals surface area contributed by atoms with Crippen molar-refractivity contribution in [3.05, 3.63) is 44.9 Å². The van der Waals surface area contributed by atoms with Crippen LogP contribution in [0.15, 0.2) is 16.9 Å². The molecule has 106 valence electrons. The average Bonchev–Trinajstić information content (AvgIpc) is 2.38. The van der Waals surface area contributed by atoms with Gasteiger partial charge < -0.3 is 5.11 Å². The second kappa shape index (κ2) is 5.12. The number of aromatic hydroxyl groups is 1. The topological polar surface area (TPSA) is 55.1 Å². The second-order valence-electron chi connectivity index (χ2n) is 5.21. The van der Waals surface area contributed by atoms with Crippen LogP contribution in [0.3, 0.4) is 0 Å². The van der Waals surface area contributed by atoms with Crippen molar-refractivity contribution in [3.8, 4) is 16.9 Å². The lowest BCUT2D eigenvalue weighted by Crippen LogP contribution is -2.23. The highest BCUT2D eigenvalue weighted by Crippen LogP contribution is 2.33. The molecule has 4 heteroatoms. The van der Waals surface area contributed by atoms with E-state index in [1.807, 2.05) is 26.8 Å². The minimum atomic E-state index is -0.269. The van der Waals surface area contributed by atoms with Crippen LogP contribution in [0.5, 0.6) is 5.75 Å². The Balaban J connectivity index is 2.92. The van der Waals surface area contributed by atoms with Crippen molar-refractivity contribution in [2.45, 2.75) is 34.1 Å². The molecule has 1 aromatic carbocycles. The zero-order chi connectivity index (χ0) is 15.0. The number of rotatable bonds is 2. The monoisotopic (exact) mass is 272 g/mol. The predicted octanol–water partition coefficient (Wildman–Crippen LogP) is 2.64. The Morgan fingerprint density at radius 2 is 1.85 bits per heavy atom. The molecule has 0 aliphatic rings. The molecule has 20 heavy (non-hydrogen) atoms. The van der Waals surface area contributed by atoms with Gasteiger partial charge in [0.25, 0.3) is 5.56 Å². The Hall–Kier alpha value is -2.10. The first-order valence-corrected chi connectivity index (χ1v) is 6.74. The minimum Gasteiger partial charge on any atom is -0.505 e. The first-order valence-electron chi connectivity index (χ1n) is 6.74. The van der Waals surface area contributed by atoms with Gasteiger partial charge in [0.2, 0.25) is 0 Å². The van der Waals surface area contributed by atoms with E-state index in [1.54, 1.807) is 14.0 Å². The van der Waals surface area contributed by atoms with Crippen LogP contribution in [-0.2, 0) is 13.5 Å². The molecule has 0 spiro atoms. The van der Waals surface area contributed by atoms with Gasteiger partial charge in [0, 0.05) is 7.05 Å². The highest BCUT2D eigenvalue weighted by atomic mass is 16.3. The second-order valence-corrected chi connectivity index (χ2v) is 5.21. The smallest absolute Gasteiger partial charge is 0.278 e. The van der Waals surface area contributed by atoms with E-state index in [-0.39, 0.29) is 11.3 Å². The lowest BCUT2D eigenvalue weighted by atomic mass is 9.92. The zero-order valence-corrected chi connectivity index (χ0v) is 12.6. The summed E-state index contributed by atoms with van der Waals surface area (Å²) < 4.78 is 1.28. The normalized spacial score (nSPS) is 10.8. The third kappa shape index (κ3) is 2.22. The van der Waals surface area contributed by atoms with E-state index in [9.17, 15) is 9.90 Å². The van der Waals surface area contributed by atoms with E-state index >= 15 is 0 Å². The fourth-order valence-corrected chi connectivity index (χ4v) is 2.68. The van der Waals surface area contributed by atoms with Crippen LogP contribution in [0.2, 0.25) is 0 Å². The van der Waals surface area contributed by atoms with Crippen molar-refractivity contribution in [2.75, 3.05) is 0 Å². The largest absolute Gasteiger partial charge is 0.505 e. The highest BCUT2D eigenvalue weighted by Gasteiger charge is 2.19. The number of hydrogen-bond acceptors (Lipinski definition) is 3. The fraction of sp³-hybridized carbons (Fsp3) is 0.375. The number of benzene rings is 1. The summed E-state index contributed by atoms with van der Waals surface area (Å²) in [4.78, 5) is 12.4. The molecule has 0 fully saturated rings. The molecular weight excluding hydrogens is 252 g/mol. The average molecular weight is 272 g/mol. The minimum absolute atomic E-state index is 0.0187. The van der Waals surface area contributed by atoms with E-state index in [4.69, 9.17) is 0 Å². The molecule has 1 N–H and O–H groups in total. The van der Waals surface area contributed by atoms with Crippen molar-refractivity contribution in [1.82, 2.24) is 9.78 Å². The maximum Gasteiger partial charge on any atom is 0.278 e. The molecule has 0 unspecified atom stereocenters. The van der Waals surface area contributed by atoms with Gasteiger partial charge in [-0.05, 0) is 43.9 Å². The molecule has 0 aliphatic carbocycles. The van der Waals surface area contributed by atoms with Gasteiger partial charge in [0.05, 0.1) is 5.56 Å². The Bertz CT molecular complexity index is 730. The van der Waals surface area contributed by atoms with E-state index in [2.05, 4.69) is 11.2 Å². The Kier molecular flexibility index (Phi) is 3.66. The third-order valence-electron chi connectivity index (χ3n) is 3.58. The van der Waals surface area contributed by atoms with Crippen molar-refractivity contribution >= 4 is 0 Å². The maximum atomic E-state index is 12.4. The van der Waals surface area contributed by atoms with Crippen LogP contribution >= 0.6 is 0 Å². The molecule has 1 aromatic heterocycles. The Labute approximate surface area is 118 Å². The number of hydrogen-bond donors (Lipinski definition) is 1. The van der Waals surface area contributed by atoms with Gasteiger partial charge in [-0.15, -0.1) is 0 Å². The first-order chi connectivity index (χ1) is 9.36. The van der Waals surface area contributed by atoms with Crippen LogP contribution < -0.4 is 5.56 Å². The lowest BCUT2D eigenvalue weighted by molar-refractivity contribution is 0.460. The van der Waals surface area contributed by atoms with Crippen LogP contribution in [0.1, 0.15) is 29.3 Å². The molecule has 0 radical (unpaired) electrons. The van der Waals surface area contributed by atoms with Gasteiger partial charge >= 0.3 is 0 Å². The number of aromatic nitrogens is 2. The van der Waals surface area contributed by atoms with Crippen LogP contribution in [-0.4, -0.2) is 14.9 Å². The molecule has 0 bridgehead atoms. The van der Waals surface area contributed by atoms with Crippen molar-refractivity contribution in [1.29, 1.82) is 0 Å². The molecule has 0 amide bonds. The SMILES string of the molecule is CCc1cc(C)cc(C)c1-c1c(O)c(C)nn(C)c1=O. The standard InChI is InChI=1S/C16H20N2O2/c1-6-12-8-9(2)7-10(3)13(12)14-15(19)11(4)17-18(5)16(14)20/h7-8,19H,6H2,1-5H3. The summed E-state index contributed by atoms with van der Waals surface area (Å²) in [6.07, 6.45) is 0.807. The molecule has 0 atom stereocenters. The summed E-state index contributed by atoms with van der Waals surface area (Å²) in [7, 11) is 1.60. The van der Waals surface area contributed by atoms with Crippen molar-refractivity contribution < 1.29 is 5.11 Å². The van der Waals surface area contributed by atoms with Gasteiger partial charge in [-0.3, -0.25) is 4.79 Å². The summed E-state index contributed by atoms with van der Waals surface area (Å²) in [5.41, 5.74) is 4.61. The molecule has 0 saturated carbocycles. The number of nitrogens with zero attached hydrogens (tertiary/aromatic N) is 2. The predicted molar refractivity (Wildman–Crippen MR) is 80.2 cm³/mol. The Morgan fingerprint density at radius 1 is 1.20 bits per heavy atom. The van der Waals surface area contributed by atoms with Crippen LogP contribution in [0.25, 0.3) is 11.1 Å². The van der Waals surface area contributed by atoms with Crippen LogP contribution in [0, 0.1) is 20.8 Å². The zero-order valence-electron chi connectivity index (χ0n) is 12.6. The Morgan fingerprint density at radius 3 is 2.45 bits per heavy atom. The van der Waals surface area contributed by atoms with E-state index < -0.39 is 0 Å². The molecular formula is C16H20N2O2. The van der Waals surface area contributed by atoms with E-state index in [0.29, 0.717) is 11.3 Å². The maximum absolute atomic E-state index is 12.4. The van der Waals surface area contributed by atoms with Gasteiger partial charge in [0.1, 0.15) is 5.69 Å². The highest BCUT2D eigenvalue weighted by molar-refractivity contribution is 5.76. The molecule has 0 aliphatic heterocycles. The molecule has 2 rings (SSSR count). The van der Waals surface area contributed by atoms with Gasteiger partial charge in [-0.2, -0.15) is 5.10 Å². The first kappa shape index (κ1) is 14.3. The van der Waals surface area contributed by atoms with Crippen molar-refractivity contribution in [2.24, 2.45) is 7.05 Å². The molecule has 2 aromatic rings. The van der Waals surface area contributed by atoms with E-state index in [1.165, 1.54) is 4.68 Å². The third-order valence-corrected chi connectivity index (χ3v) is 3.58. The summed E-state index contributed by atoms with van der Waals surface area (Å²) in [5, 5.41) is 14.3. The summed E-state index contributed by atoms with van der Waals surface area (Å²) in [5.74, 6) is -0.0187. The van der Waals surface area contributed by atoms with Gasteiger partial charge in [-0.25, -0.2) is 4.68 Å². The lowest BCUT2D eigenvalue weighted by Gasteiger charge is -2.15. The summed E-state index contributed by atoms with van der Waals surface area (Å²) >= 11 is 0. The quantitative estimate of drug-likeness (QED) is 0.914. The summed E-state index contributed by atoms with van der Waals surface area (Å²) in [6.45, 7) is 7.75. The fourth-order valence-electron chi connectivity index (χ4n) is 2.68. The number of aryl methyl sites for hydroxylation is 5. The molecule has 4 nitrogen and oxygen atoms in total. The molecule has 1 heterocycles.